The molecule has 5 heteroatoms. The summed E-state index contributed by atoms with van der Waals surface area (Å²) in [4.78, 5) is 24.0. The third-order valence-corrected chi connectivity index (χ3v) is 3.41. The summed E-state index contributed by atoms with van der Waals surface area (Å²) in [6.45, 7) is 2.30. The lowest BCUT2D eigenvalue weighted by molar-refractivity contribution is 0.0600. The van der Waals surface area contributed by atoms with Gasteiger partial charge >= 0.3 is 5.97 Å². The highest BCUT2D eigenvalue weighted by Gasteiger charge is 2.12. The van der Waals surface area contributed by atoms with Crippen LogP contribution in [-0.2, 0) is 16.1 Å². The predicted molar refractivity (Wildman–Crippen MR) is 87.6 cm³/mol. The van der Waals surface area contributed by atoms with E-state index in [9.17, 15) is 9.59 Å². The van der Waals surface area contributed by atoms with Crippen molar-refractivity contribution in [3.8, 4) is 0 Å². The molecule has 0 bridgehead atoms. The molecule has 120 valence electrons. The fraction of sp³-hybridized carbons (Fsp3) is 0.222. The highest BCUT2D eigenvalue weighted by molar-refractivity contribution is 6.05. The maximum Gasteiger partial charge on any atom is 0.337 e. The zero-order valence-electron chi connectivity index (χ0n) is 13.4. The lowest BCUT2D eigenvalue weighted by Crippen LogP contribution is -2.14. The number of benzene rings is 2. The van der Waals surface area contributed by atoms with Gasteiger partial charge in [0.25, 0.3) is 5.91 Å². The van der Waals surface area contributed by atoms with Crippen LogP contribution in [0.3, 0.4) is 0 Å². The third kappa shape index (κ3) is 4.17. The van der Waals surface area contributed by atoms with Crippen molar-refractivity contribution in [3.63, 3.8) is 0 Å². The minimum Gasteiger partial charge on any atom is -0.465 e. The quantitative estimate of drug-likeness (QED) is 0.861. The topological polar surface area (TPSA) is 64.6 Å². The zero-order chi connectivity index (χ0) is 16.8. The molecule has 0 radical (unpaired) electrons. The summed E-state index contributed by atoms with van der Waals surface area (Å²) < 4.78 is 9.77. The number of amides is 1. The molecule has 0 saturated carbocycles. The highest BCUT2D eigenvalue weighted by Crippen LogP contribution is 2.19. The van der Waals surface area contributed by atoms with Crippen LogP contribution < -0.4 is 5.32 Å². The standard InChI is InChI=1S/C18H19NO4/c1-12-7-8-15(18(21)23-3)10-16(12)19-17(20)14-6-4-5-13(9-14)11-22-2/h4-10H,11H2,1-3H3,(H,19,20). The molecule has 0 heterocycles. The molecule has 0 aromatic heterocycles. The average molecular weight is 313 g/mol. The number of rotatable bonds is 5. The van der Waals surface area contributed by atoms with Crippen LogP contribution in [0.2, 0.25) is 0 Å². The van der Waals surface area contributed by atoms with Crippen LogP contribution in [0.4, 0.5) is 5.69 Å². The number of aryl methyl sites for hydroxylation is 1. The molecular weight excluding hydrogens is 294 g/mol. The largest absolute Gasteiger partial charge is 0.465 e. The Bertz CT molecular complexity index is 725. The lowest BCUT2D eigenvalue weighted by atomic mass is 10.1. The molecule has 5 nitrogen and oxygen atoms in total. The molecule has 0 fully saturated rings. The summed E-state index contributed by atoms with van der Waals surface area (Å²) in [6.07, 6.45) is 0. The molecule has 2 aromatic rings. The second-order valence-electron chi connectivity index (χ2n) is 5.11. The first-order valence-electron chi connectivity index (χ1n) is 7.13. The Morgan fingerprint density at radius 2 is 1.83 bits per heavy atom. The molecule has 0 saturated heterocycles. The van der Waals surface area contributed by atoms with E-state index in [0.717, 1.165) is 11.1 Å². The maximum atomic E-state index is 12.4. The SMILES string of the molecule is COCc1cccc(C(=O)Nc2cc(C(=O)OC)ccc2C)c1. The van der Waals surface area contributed by atoms with Gasteiger partial charge in [0.2, 0.25) is 0 Å². The number of carbonyl (C=O) groups is 2. The van der Waals surface area contributed by atoms with Crippen LogP contribution in [0.25, 0.3) is 0 Å². The van der Waals surface area contributed by atoms with Gasteiger partial charge in [0.05, 0.1) is 19.3 Å². The molecule has 0 spiro atoms. The van der Waals surface area contributed by atoms with Gasteiger partial charge in [-0.25, -0.2) is 4.79 Å². The molecule has 0 aliphatic carbocycles. The van der Waals surface area contributed by atoms with Crippen molar-refractivity contribution in [3.05, 3.63) is 64.7 Å². The van der Waals surface area contributed by atoms with Gasteiger partial charge in [0.1, 0.15) is 0 Å². The molecule has 0 aliphatic rings. The van der Waals surface area contributed by atoms with E-state index < -0.39 is 5.97 Å². The zero-order valence-corrected chi connectivity index (χ0v) is 13.4. The van der Waals surface area contributed by atoms with E-state index in [-0.39, 0.29) is 5.91 Å². The maximum absolute atomic E-state index is 12.4. The first-order chi connectivity index (χ1) is 11.0. The summed E-state index contributed by atoms with van der Waals surface area (Å²) >= 11 is 0. The highest BCUT2D eigenvalue weighted by atomic mass is 16.5. The second-order valence-corrected chi connectivity index (χ2v) is 5.11. The van der Waals surface area contributed by atoms with E-state index in [4.69, 9.17) is 9.47 Å². The van der Waals surface area contributed by atoms with Crippen molar-refractivity contribution in [2.24, 2.45) is 0 Å². The van der Waals surface area contributed by atoms with Gasteiger partial charge in [-0.2, -0.15) is 0 Å². The summed E-state index contributed by atoms with van der Waals surface area (Å²) in [5.41, 5.74) is 3.28. The Balaban J connectivity index is 2.23. The van der Waals surface area contributed by atoms with E-state index in [0.29, 0.717) is 23.4 Å². The van der Waals surface area contributed by atoms with Crippen LogP contribution in [-0.4, -0.2) is 26.1 Å². The number of esters is 1. The van der Waals surface area contributed by atoms with E-state index >= 15 is 0 Å². The van der Waals surface area contributed by atoms with Crippen molar-refractivity contribution in [2.45, 2.75) is 13.5 Å². The minimum absolute atomic E-state index is 0.243. The summed E-state index contributed by atoms with van der Waals surface area (Å²) in [6, 6.07) is 12.2. The van der Waals surface area contributed by atoms with Gasteiger partial charge < -0.3 is 14.8 Å². The van der Waals surface area contributed by atoms with Crippen LogP contribution in [0.5, 0.6) is 0 Å². The molecule has 1 amide bonds. The number of methoxy groups -OCH3 is 2. The smallest absolute Gasteiger partial charge is 0.337 e. The Hall–Kier alpha value is -2.66. The first-order valence-corrected chi connectivity index (χ1v) is 7.13. The minimum atomic E-state index is -0.442. The van der Waals surface area contributed by atoms with Gasteiger partial charge in [-0.3, -0.25) is 4.79 Å². The monoisotopic (exact) mass is 313 g/mol. The third-order valence-electron chi connectivity index (χ3n) is 3.41. The predicted octanol–water partition coefficient (Wildman–Crippen LogP) is 3.18. The molecule has 0 unspecified atom stereocenters. The molecule has 0 atom stereocenters. The van der Waals surface area contributed by atoms with Crippen molar-refractivity contribution < 1.29 is 19.1 Å². The lowest BCUT2D eigenvalue weighted by Gasteiger charge is -2.11. The van der Waals surface area contributed by atoms with Crippen LogP contribution in [0, 0.1) is 6.92 Å². The Morgan fingerprint density at radius 1 is 1.04 bits per heavy atom. The summed E-state index contributed by atoms with van der Waals surface area (Å²) in [5.74, 6) is -0.685. The Labute approximate surface area is 135 Å². The van der Waals surface area contributed by atoms with E-state index in [2.05, 4.69) is 5.32 Å². The molecular formula is C18H19NO4. The fourth-order valence-electron chi connectivity index (χ4n) is 2.16. The first kappa shape index (κ1) is 16.7. The van der Waals surface area contributed by atoms with E-state index in [1.807, 2.05) is 13.0 Å². The number of carbonyl (C=O) groups excluding carboxylic acids is 2. The summed E-state index contributed by atoms with van der Waals surface area (Å²) in [7, 11) is 2.93. The summed E-state index contributed by atoms with van der Waals surface area (Å²) in [5, 5.41) is 2.83. The number of nitrogens with one attached hydrogen (secondary N) is 1. The molecule has 1 N–H and O–H groups in total. The molecule has 2 rings (SSSR count). The Kier molecular flexibility index (Phi) is 5.49. The van der Waals surface area contributed by atoms with Crippen LogP contribution in [0.15, 0.2) is 42.5 Å². The second kappa shape index (κ2) is 7.56. The Morgan fingerprint density at radius 3 is 2.52 bits per heavy atom. The number of ether oxygens (including phenoxy) is 2. The van der Waals surface area contributed by atoms with Gasteiger partial charge in [-0.15, -0.1) is 0 Å². The van der Waals surface area contributed by atoms with Crippen molar-refractivity contribution in [1.29, 1.82) is 0 Å². The van der Waals surface area contributed by atoms with Gasteiger partial charge in [-0.1, -0.05) is 18.2 Å². The number of anilines is 1. The van der Waals surface area contributed by atoms with Gasteiger partial charge in [-0.05, 0) is 42.3 Å². The van der Waals surface area contributed by atoms with Crippen molar-refractivity contribution >= 4 is 17.6 Å². The van der Waals surface area contributed by atoms with E-state index in [1.165, 1.54) is 7.11 Å². The molecule has 2 aromatic carbocycles. The number of hydrogen-bond acceptors (Lipinski definition) is 4. The number of hydrogen-bond donors (Lipinski definition) is 1. The van der Waals surface area contributed by atoms with E-state index in [1.54, 1.807) is 43.5 Å². The molecule has 0 aliphatic heterocycles. The average Bonchev–Trinajstić information content (AvgIpc) is 2.56. The van der Waals surface area contributed by atoms with Crippen LogP contribution >= 0.6 is 0 Å². The van der Waals surface area contributed by atoms with Gasteiger partial charge in [0.15, 0.2) is 0 Å². The van der Waals surface area contributed by atoms with Gasteiger partial charge in [0, 0.05) is 18.4 Å². The van der Waals surface area contributed by atoms with Crippen LogP contribution in [0.1, 0.15) is 31.8 Å². The van der Waals surface area contributed by atoms with Crippen molar-refractivity contribution in [1.82, 2.24) is 0 Å². The normalized spacial score (nSPS) is 10.2. The fourth-order valence-corrected chi connectivity index (χ4v) is 2.16. The molecule has 23 heavy (non-hydrogen) atoms. The van der Waals surface area contributed by atoms with Crippen molar-refractivity contribution in [2.75, 3.05) is 19.5 Å².